The number of aliphatic hydroxyl groups excluding tert-OH is 1. The lowest BCUT2D eigenvalue weighted by Crippen LogP contribution is -2.58. The Balaban J connectivity index is 2.16. The molecule has 0 saturated heterocycles. The van der Waals surface area contributed by atoms with Gasteiger partial charge in [0, 0.05) is 18.3 Å². The van der Waals surface area contributed by atoms with Crippen molar-refractivity contribution in [3.63, 3.8) is 0 Å². The number of aromatic amines is 1. The summed E-state index contributed by atoms with van der Waals surface area (Å²) in [5, 5.41) is 25.0. The Morgan fingerprint density at radius 1 is 0.917 bits per heavy atom. The summed E-state index contributed by atoms with van der Waals surface area (Å²) in [4.78, 5) is 67.6. The normalized spacial score (nSPS) is 14.1. The van der Waals surface area contributed by atoms with E-state index in [-0.39, 0.29) is 12.8 Å². The minimum atomic E-state index is -1.67. The summed E-state index contributed by atoms with van der Waals surface area (Å²) >= 11 is 0. The summed E-state index contributed by atoms with van der Waals surface area (Å²) < 4.78 is 0. The molecule has 4 amide bonds. The van der Waals surface area contributed by atoms with Crippen LogP contribution in [0.15, 0.2) is 42.9 Å². The van der Waals surface area contributed by atoms with Gasteiger partial charge < -0.3 is 42.6 Å². The number of aliphatic carboxylic acids is 1. The van der Waals surface area contributed by atoms with Gasteiger partial charge in [-0.3, -0.25) is 19.2 Å². The van der Waals surface area contributed by atoms with Crippen LogP contribution in [0.25, 0.3) is 0 Å². The number of nitrogens with two attached hydrogens (primary N) is 2. The van der Waals surface area contributed by atoms with Crippen LogP contribution >= 0.6 is 0 Å². The van der Waals surface area contributed by atoms with Crippen molar-refractivity contribution >= 4 is 29.6 Å². The van der Waals surface area contributed by atoms with Crippen molar-refractivity contribution in [1.82, 2.24) is 25.9 Å². The molecule has 14 nitrogen and oxygen atoms in total. The zero-order chi connectivity index (χ0) is 26.7. The smallest absolute Gasteiger partial charge is 0.328 e. The van der Waals surface area contributed by atoms with Crippen molar-refractivity contribution in [2.24, 2.45) is 11.5 Å². The molecule has 10 N–H and O–H groups in total. The third kappa shape index (κ3) is 8.81. The number of nitrogens with one attached hydrogen (secondary N) is 4. The number of amides is 4. The lowest BCUT2D eigenvalue weighted by Gasteiger charge is -2.24. The first kappa shape index (κ1) is 27.9. The van der Waals surface area contributed by atoms with Gasteiger partial charge in [-0.05, 0) is 12.0 Å². The SMILES string of the molecule is NC(=O)CC(NC(=O)C(Cc1cnc[nH]1)NC(=O)C(N)Cc1ccccc1)C(=O)NC(CO)C(=O)O. The Morgan fingerprint density at radius 2 is 1.53 bits per heavy atom. The van der Waals surface area contributed by atoms with E-state index in [0.29, 0.717) is 5.69 Å². The number of imidazole rings is 1. The molecule has 1 aromatic heterocycles. The van der Waals surface area contributed by atoms with Gasteiger partial charge >= 0.3 is 5.97 Å². The molecule has 0 aliphatic carbocycles. The number of carbonyl (C=O) groups excluding carboxylic acids is 4. The van der Waals surface area contributed by atoms with E-state index in [1.54, 1.807) is 24.3 Å². The largest absolute Gasteiger partial charge is 0.480 e. The van der Waals surface area contributed by atoms with E-state index in [4.69, 9.17) is 21.7 Å². The molecule has 4 unspecified atom stereocenters. The quantitative estimate of drug-likeness (QED) is 0.130. The molecule has 0 aliphatic heterocycles. The predicted molar refractivity (Wildman–Crippen MR) is 125 cm³/mol. The number of H-pyrrole nitrogens is 1. The van der Waals surface area contributed by atoms with E-state index in [1.807, 2.05) is 11.4 Å². The zero-order valence-corrected chi connectivity index (χ0v) is 19.2. The van der Waals surface area contributed by atoms with Crippen molar-refractivity contribution in [1.29, 1.82) is 0 Å². The van der Waals surface area contributed by atoms with Crippen LogP contribution in [0, 0.1) is 0 Å². The van der Waals surface area contributed by atoms with Crippen molar-refractivity contribution in [2.45, 2.75) is 43.4 Å². The van der Waals surface area contributed by atoms with Crippen LogP contribution in [-0.4, -0.2) is 80.6 Å². The summed E-state index contributed by atoms with van der Waals surface area (Å²) in [7, 11) is 0. The number of carboxylic acids is 1. The number of nitrogens with zero attached hydrogens (tertiary/aromatic N) is 1. The van der Waals surface area contributed by atoms with Gasteiger partial charge in [0.25, 0.3) is 0 Å². The van der Waals surface area contributed by atoms with Crippen LogP contribution in [0.4, 0.5) is 0 Å². The molecule has 0 aliphatic rings. The van der Waals surface area contributed by atoms with Gasteiger partial charge in [0.05, 0.1) is 25.4 Å². The number of primary amides is 1. The standard InChI is InChI=1S/C22H29N7O7/c23-14(6-12-4-2-1-3-5-12)19(32)27-15(7-13-9-25-11-26-13)20(33)28-16(8-18(24)31)21(34)29-17(10-30)22(35)36/h1-5,9,11,14-17,30H,6-8,10,23H2,(H2,24,31)(H,25,26)(H,27,32)(H,28,33)(H,29,34)(H,35,36). The van der Waals surface area contributed by atoms with Crippen molar-refractivity contribution in [3.05, 3.63) is 54.1 Å². The first-order chi connectivity index (χ1) is 17.1. The predicted octanol–water partition coefficient (Wildman–Crippen LogP) is -3.07. The minimum Gasteiger partial charge on any atom is -0.480 e. The fourth-order valence-corrected chi connectivity index (χ4v) is 3.21. The van der Waals surface area contributed by atoms with E-state index in [2.05, 4.69) is 20.6 Å². The highest BCUT2D eigenvalue weighted by molar-refractivity contribution is 5.96. The molecular weight excluding hydrogens is 474 g/mol. The average Bonchev–Trinajstić information content (AvgIpc) is 3.34. The lowest BCUT2D eigenvalue weighted by molar-refractivity contribution is -0.143. The minimum absolute atomic E-state index is 0.0606. The highest BCUT2D eigenvalue weighted by Crippen LogP contribution is 2.05. The highest BCUT2D eigenvalue weighted by atomic mass is 16.4. The van der Waals surface area contributed by atoms with Gasteiger partial charge in [0.2, 0.25) is 23.6 Å². The molecule has 1 aromatic carbocycles. The number of carbonyl (C=O) groups is 5. The number of aromatic nitrogens is 2. The van der Waals surface area contributed by atoms with Crippen LogP contribution in [-0.2, 0) is 36.8 Å². The van der Waals surface area contributed by atoms with E-state index in [1.165, 1.54) is 12.5 Å². The number of hydrogen-bond donors (Lipinski definition) is 8. The molecule has 0 spiro atoms. The second-order valence-electron chi connectivity index (χ2n) is 7.95. The van der Waals surface area contributed by atoms with Gasteiger partial charge in [0.1, 0.15) is 18.1 Å². The van der Waals surface area contributed by atoms with Crippen molar-refractivity contribution in [3.8, 4) is 0 Å². The van der Waals surface area contributed by atoms with E-state index in [0.717, 1.165) is 5.56 Å². The van der Waals surface area contributed by atoms with Crippen molar-refractivity contribution < 1.29 is 34.2 Å². The monoisotopic (exact) mass is 503 g/mol. The molecule has 2 rings (SSSR count). The fourth-order valence-electron chi connectivity index (χ4n) is 3.21. The maximum absolute atomic E-state index is 13.1. The Hall–Kier alpha value is -4.30. The number of rotatable bonds is 14. The molecule has 36 heavy (non-hydrogen) atoms. The van der Waals surface area contributed by atoms with Crippen LogP contribution in [0.1, 0.15) is 17.7 Å². The molecule has 1 heterocycles. The highest BCUT2D eigenvalue weighted by Gasteiger charge is 2.31. The average molecular weight is 504 g/mol. The topological polar surface area (TPSA) is 243 Å². The number of hydrogen-bond acceptors (Lipinski definition) is 8. The van der Waals surface area contributed by atoms with E-state index in [9.17, 15) is 24.0 Å². The number of carboxylic acid groups (broad SMARTS) is 1. The lowest BCUT2D eigenvalue weighted by atomic mass is 10.0. The third-order valence-corrected chi connectivity index (χ3v) is 5.08. The molecule has 2 aromatic rings. The first-order valence-electron chi connectivity index (χ1n) is 10.9. The molecule has 0 saturated carbocycles. The van der Waals surface area contributed by atoms with Gasteiger partial charge in [-0.25, -0.2) is 9.78 Å². The van der Waals surface area contributed by atoms with Gasteiger partial charge in [0.15, 0.2) is 0 Å². The van der Waals surface area contributed by atoms with Crippen LogP contribution < -0.4 is 27.4 Å². The van der Waals surface area contributed by atoms with E-state index >= 15 is 0 Å². The molecule has 4 atom stereocenters. The molecule has 194 valence electrons. The Morgan fingerprint density at radius 3 is 2.08 bits per heavy atom. The molecular formula is C22H29N7O7. The zero-order valence-electron chi connectivity index (χ0n) is 19.2. The van der Waals surface area contributed by atoms with Crippen LogP contribution in [0.3, 0.4) is 0 Å². The summed E-state index contributed by atoms with van der Waals surface area (Å²) in [6, 6.07) is 3.54. The van der Waals surface area contributed by atoms with Gasteiger partial charge in [-0.15, -0.1) is 0 Å². The molecule has 14 heteroatoms. The van der Waals surface area contributed by atoms with Crippen LogP contribution in [0.5, 0.6) is 0 Å². The summed E-state index contributed by atoms with van der Waals surface area (Å²) in [5.74, 6) is -5.03. The fraction of sp³-hybridized carbons (Fsp3) is 0.364. The summed E-state index contributed by atoms with van der Waals surface area (Å²) in [5.41, 5.74) is 12.5. The van der Waals surface area contributed by atoms with E-state index < -0.39 is 66.8 Å². The molecule has 0 bridgehead atoms. The van der Waals surface area contributed by atoms with Crippen LogP contribution in [0.2, 0.25) is 0 Å². The Bertz CT molecular complexity index is 1050. The molecule has 0 radical (unpaired) electrons. The first-order valence-corrected chi connectivity index (χ1v) is 10.9. The number of benzene rings is 1. The number of aliphatic hydroxyl groups is 1. The Labute approximate surface area is 205 Å². The second-order valence-corrected chi connectivity index (χ2v) is 7.95. The second kappa shape index (κ2) is 13.6. The summed E-state index contributed by atoms with van der Waals surface area (Å²) in [6.45, 7) is -0.921. The Kier molecular flexibility index (Phi) is 10.5. The summed E-state index contributed by atoms with van der Waals surface area (Å²) in [6.07, 6.45) is 2.29. The maximum Gasteiger partial charge on any atom is 0.328 e. The van der Waals surface area contributed by atoms with Crippen molar-refractivity contribution in [2.75, 3.05) is 6.61 Å². The third-order valence-electron chi connectivity index (χ3n) is 5.08. The maximum atomic E-state index is 13.1. The van der Waals surface area contributed by atoms with Gasteiger partial charge in [-0.1, -0.05) is 30.3 Å². The van der Waals surface area contributed by atoms with Gasteiger partial charge in [-0.2, -0.15) is 0 Å². The molecule has 0 fully saturated rings.